The van der Waals surface area contributed by atoms with Crippen LogP contribution >= 0.6 is 0 Å². The number of carbonyl (C=O) groups excluding carboxylic acids is 2. The van der Waals surface area contributed by atoms with Gasteiger partial charge in [0.1, 0.15) is 0 Å². The fraction of sp³-hybridized carbons (Fsp3) is 0.500. The lowest BCUT2D eigenvalue weighted by Crippen LogP contribution is -2.34. The molecule has 2 aromatic rings. The Hall–Kier alpha value is -2.96. The maximum atomic E-state index is 12.7. The van der Waals surface area contributed by atoms with Crippen molar-refractivity contribution in [1.82, 2.24) is 9.47 Å². The third-order valence-electron chi connectivity index (χ3n) is 5.58. The normalized spacial score (nSPS) is 13.1. The van der Waals surface area contributed by atoms with Gasteiger partial charge in [-0.2, -0.15) is 0 Å². The summed E-state index contributed by atoms with van der Waals surface area (Å²) in [7, 11) is 1.59. The maximum absolute atomic E-state index is 12.7. The van der Waals surface area contributed by atoms with E-state index in [-0.39, 0.29) is 12.5 Å². The molecule has 0 saturated heterocycles. The molecule has 1 aromatic heterocycles. The van der Waals surface area contributed by atoms with Crippen molar-refractivity contribution in [1.29, 1.82) is 0 Å². The number of amides is 1. The number of ether oxygens (including phenoxy) is 3. The molecule has 1 amide bonds. The van der Waals surface area contributed by atoms with Gasteiger partial charge in [0.2, 0.25) is 0 Å². The summed E-state index contributed by atoms with van der Waals surface area (Å²) in [4.78, 5) is 26.9. The fourth-order valence-corrected chi connectivity index (χ4v) is 3.86. The molecule has 0 N–H and O–H groups in total. The van der Waals surface area contributed by atoms with Crippen LogP contribution in [0.4, 0.5) is 0 Å². The minimum Gasteiger partial charge on any atom is -0.493 e. The minimum atomic E-state index is -0.452. The highest BCUT2D eigenvalue weighted by molar-refractivity contribution is 5.92. The van der Waals surface area contributed by atoms with Crippen molar-refractivity contribution in [2.75, 3.05) is 26.9 Å². The first-order valence-corrected chi connectivity index (χ1v) is 10.8. The average molecular weight is 429 g/mol. The van der Waals surface area contributed by atoms with Gasteiger partial charge in [0.15, 0.2) is 18.1 Å². The number of methoxy groups -OCH3 is 1. The lowest BCUT2D eigenvalue weighted by molar-refractivity contribution is -0.134. The summed E-state index contributed by atoms with van der Waals surface area (Å²) >= 11 is 0. The maximum Gasteiger partial charge on any atom is 0.340 e. The molecule has 0 bridgehead atoms. The predicted molar refractivity (Wildman–Crippen MR) is 118 cm³/mol. The number of nitrogens with zero attached hydrogens (tertiary/aromatic N) is 2. The Morgan fingerprint density at radius 1 is 1.13 bits per heavy atom. The number of carbonyl (C=O) groups is 2. The Balaban J connectivity index is 1.61. The summed E-state index contributed by atoms with van der Waals surface area (Å²) in [5, 5.41) is 0. The number of aryl methyl sites for hydroxylation is 1. The van der Waals surface area contributed by atoms with Crippen LogP contribution < -0.4 is 9.47 Å². The fourth-order valence-electron chi connectivity index (χ4n) is 3.86. The van der Waals surface area contributed by atoms with Gasteiger partial charge in [-0.15, -0.1) is 0 Å². The number of rotatable bonds is 10. The Morgan fingerprint density at radius 2 is 1.87 bits per heavy atom. The van der Waals surface area contributed by atoms with Gasteiger partial charge in [0, 0.05) is 30.5 Å². The van der Waals surface area contributed by atoms with Crippen LogP contribution in [0.25, 0.3) is 0 Å². The van der Waals surface area contributed by atoms with Crippen LogP contribution in [0.2, 0.25) is 0 Å². The monoisotopic (exact) mass is 428 g/mol. The van der Waals surface area contributed by atoms with Gasteiger partial charge in [-0.1, -0.05) is 6.07 Å². The van der Waals surface area contributed by atoms with E-state index in [4.69, 9.17) is 14.2 Å². The van der Waals surface area contributed by atoms with Crippen molar-refractivity contribution in [2.45, 2.75) is 53.1 Å². The molecule has 0 aliphatic heterocycles. The molecule has 168 valence electrons. The topological polar surface area (TPSA) is 70.0 Å². The van der Waals surface area contributed by atoms with Gasteiger partial charge in [-0.05, 0) is 64.3 Å². The predicted octanol–water partition coefficient (Wildman–Crippen LogP) is 4.05. The van der Waals surface area contributed by atoms with Crippen LogP contribution in [0.1, 0.15) is 60.0 Å². The molecule has 0 atom stereocenters. The van der Waals surface area contributed by atoms with Crippen molar-refractivity contribution in [2.24, 2.45) is 0 Å². The number of esters is 1. The minimum absolute atomic E-state index is 0.236. The molecule has 7 heteroatoms. The van der Waals surface area contributed by atoms with E-state index in [2.05, 4.69) is 4.57 Å². The molecular formula is C24H32N2O5. The summed E-state index contributed by atoms with van der Waals surface area (Å²) in [6.07, 6.45) is 2.29. The molecule has 7 nitrogen and oxygen atoms in total. The van der Waals surface area contributed by atoms with Gasteiger partial charge in [-0.3, -0.25) is 4.79 Å². The zero-order chi connectivity index (χ0) is 22.5. The third kappa shape index (κ3) is 5.21. The molecule has 31 heavy (non-hydrogen) atoms. The lowest BCUT2D eigenvalue weighted by Gasteiger charge is -2.21. The van der Waals surface area contributed by atoms with Crippen LogP contribution in [0.15, 0.2) is 24.3 Å². The molecule has 1 aliphatic carbocycles. The van der Waals surface area contributed by atoms with Crippen LogP contribution in [0, 0.1) is 13.8 Å². The van der Waals surface area contributed by atoms with Crippen molar-refractivity contribution < 1.29 is 23.8 Å². The van der Waals surface area contributed by atoms with E-state index >= 15 is 0 Å². The highest BCUT2D eigenvalue weighted by Crippen LogP contribution is 2.38. The first-order chi connectivity index (χ1) is 14.9. The van der Waals surface area contributed by atoms with Crippen molar-refractivity contribution in [3.8, 4) is 11.5 Å². The molecule has 3 rings (SSSR count). The van der Waals surface area contributed by atoms with Crippen molar-refractivity contribution in [3.63, 3.8) is 0 Å². The van der Waals surface area contributed by atoms with Gasteiger partial charge in [0.25, 0.3) is 5.91 Å². The van der Waals surface area contributed by atoms with E-state index in [1.807, 2.05) is 52.0 Å². The Kier molecular flexibility index (Phi) is 7.25. The van der Waals surface area contributed by atoms with Crippen LogP contribution in [-0.4, -0.2) is 48.2 Å². The summed E-state index contributed by atoms with van der Waals surface area (Å²) in [5.74, 6) is 0.605. The van der Waals surface area contributed by atoms with Crippen molar-refractivity contribution in [3.05, 3.63) is 46.8 Å². The number of hydrogen-bond acceptors (Lipinski definition) is 5. The average Bonchev–Trinajstić information content (AvgIpc) is 3.55. The van der Waals surface area contributed by atoms with Crippen molar-refractivity contribution >= 4 is 11.9 Å². The summed E-state index contributed by atoms with van der Waals surface area (Å²) in [5.41, 5.74) is 3.41. The second kappa shape index (κ2) is 9.90. The van der Waals surface area contributed by atoms with E-state index in [9.17, 15) is 9.59 Å². The molecule has 0 radical (unpaired) electrons. The second-order valence-corrected chi connectivity index (χ2v) is 7.79. The quantitative estimate of drug-likeness (QED) is 0.534. The van der Waals surface area contributed by atoms with Gasteiger partial charge in [-0.25, -0.2) is 4.79 Å². The number of hydrogen-bond donors (Lipinski definition) is 0. The second-order valence-electron chi connectivity index (χ2n) is 7.79. The molecule has 1 saturated carbocycles. The Bertz CT molecular complexity index is 946. The number of likely N-dealkylation sites (N-methyl/N-ethyl adjacent to an activating group) is 1. The summed E-state index contributed by atoms with van der Waals surface area (Å²) in [6, 6.07) is 7.95. The smallest absolute Gasteiger partial charge is 0.340 e. The highest BCUT2D eigenvalue weighted by Gasteiger charge is 2.29. The number of benzene rings is 1. The molecule has 1 heterocycles. The Labute approximate surface area is 183 Å². The summed E-state index contributed by atoms with van der Waals surface area (Å²) < 4.78 is 18.5. The van der Waals surface area contributed by atoms with E-state index < -0.39 is 5.97 Å². The van der Waals surface area contributed by atoms with Crippen LogP contribution in [0.5, 0.6) is 11.5 Å². The van der Waals surface area contributed by atoms with Gasteiger partial charge in [0.05, 0.1) is 19.3 Å². The molecule has 0 unspecified atom stereocenters. The molecule has 0 spiro atoms. The molecule has 1 aliphatic rings. The van der Waals surface area contributed by atoms with E-state index in [1.54, 1.807) is 12.0 Å². The van der Waals surface area contributed by atoms with Gasteiger partial charge < -0.3 is 23.7 Å². The van der Waals surface area contributed by atoms with E-state index in [0.717, 1.165) is 29.8 Å². The largest absolute Gasteiger partial charge is 0.493 e. The first-order valence-electron chi connectivity index (χ1n) is 10.8. The highest BCUT2D eigenvalue weighted by atomic mass is 16.5. The van der Waals surface area contributed by atoms with E-state index in [1.165, 1.54) is 0 Å². The molecule has 1 aromatic carbocycles. The third-order valence-corrected chi connectivity index (χ3v) is 5.58. The summed E-state index contributed by atoms with van der Waals surface area (Å²) in [6.45, 7) is 8.90. The standard InChI is InChI=1S/C24H32N2O5/c1-6-25(14-18-8-11-21(30-7-2)22(13-18)29-5)23(27)15-31-24(28)20-12-16(3)26(17(20)4)19-9-10-19/h8,11-13,19H,6-7,9-10,14-15H2,1-5H3. The SMILES string of the molecule is CCOc1ccc(CN(CC)C(=O)COC(=O)c2cc(C)n(C3CC3)c2C)cc1OC. The zero-order valence-electron chi connectivity index (χ0n) is 19.1. The lowest BCUT2D eigenvalue weighted by atomic mass is 10.2. The van der Waals surface area contributed by atoms with Crippen LogP contribution in [-0.2, 0) is 16.1 Å². The number of aromatic nitrogens is 1. The zero-order valence-corrected chi connectivity index (χ0v) is 19.1. The van der Waals surface area contributed by atoms with Crippen LogP contribution in [0.3, 0.4) is 0 Å². The Morgan fingerprint density at radius 3 is 2.48 bits per heavy atom. The molecular weight excluding hydrogens is 396 g/mol. The van der Waals surface area contributed by atoms with Gasteiger partial charge >= 0.3 is 5.97 Å². The van der Waals surface area contributed by atoms with E-state index in [0.29, 0.717) is 42.8 Å². The first kappa shape index (κ1) is 22.7. The molecule has 1 fully saturated rings.